The van der Waals surface area contributed by atoms with Crippen molar-refractivity contribution in [3.05, 3.63) is 83.6 Å². The zero-order chi connectivity index (χ0) is 18.1. The summed E-state index contributed by atoms with van der Waals surface area (Å²) in [4.78, 5) is 17.2. The predicted molar refractivity (Wildman–Crippen MR) is 96.0 cm³/mol. The summed E-state index contributed by atoms with van der Waals surface area (Å²) >= 11 is 0. The molecule has 0 bridgehead atoms. The van der Waals surface area contributed by atoms with Crippen LogP contribution in [0.25, 0.3) is 0 Å². The third kappa shape index (κ3) is 2.73. The number of nitrogens with one attached hydrogen (secondary N) is 2. The second-order valence-electron chi connectivity index (χ2n) is 5.94. The average molecular weight is 349 g/mol. The first-order valence-corrected chi connectivity index (χ1v) is 8.13. The van der Waals surface area contributed by atoms with Gasteiger partial charge in [0.2, 0.25) is 5.95 Å². The Labute approximate surface area is 149 Å². The predicted octanol–water partition coefficient (Wildman–Crippen LogP) is 3.34. The molecule has 2 N–H and O–H groups in total. The summed E-state index contributed by atoms with van der Waals surface area (Å²) in [5.41, 5.74) is 2.01. The number of anilines is 2. The van der Waals surface area contributed by atoms with E-state index < -0.39 is 11.9 Å². The molecule has 0 aliphatic carbocycles. The van der Waals surface area contributed by atoms with Crippen LogP contribution < -0.4 is 10.6 Å². The number of carbonyl (C=O) groups excluding carboxylic acids is 1. The molecule has 0 fully saturated rings. The lowest BCUT2D eigenvalue weighted by atomic mass is 9.94. The molecule has 1 aliphatic heterocycles. The lowest BCUT2D eigenvalue weighted by molar-refractivity contribution is -0.113. The van der Waals surface area contributed by atoms with Gasteiger partial charge in [-0.1, -0.05) is 36.4 Å². The number of hydrogen-bond donors (Lipinski definition) is 2. The maximum atomic E-state index is 14.5. The van der Waals surface area contributed by atoms with Crippen LogP contribution in [0.4, 0.5) is 16.0 Å². The number of amides is 1. The molecule has 7 heteroatoms. The van der Waals surface area contributed by atoms with Crippen LogP contribution in [0, 0.1) is 5.82 Å². The van der Waals surface area contributed by atoms with E-state index in [9.17, 15) is 9.18 Å². The van der Waals surface area contributed by atoms with Crippen LogP contribution in [0.2, 0.25) is 0 Å². The van der Waals surface area contributed by atoms with Gasteiger partial charge in [-0.25, -0.2) is 9.07 Å². The van der Waals surface area contributed by atoms with Crippen molar-refractivity contribution in [2.45, 2.75) is 13.0 Å². The van der Waals surface area contributed by atoms with Gasteiger partial charge < -0.3 is 10.6 Å². The molecule has 2 aromatic carbocycles. The third-order valence-corrected chi connectivity index (χ3v) is 4.27. The van der Waals surface area contributed by atoms with Gasteiger partial charge >= 0.3 is 0 Å². The number of halogens is 1. The molecular formula is C19H16FN5O. The van der Waals surface area contributed by atoms with E-state index in [4.69, 9.17) is 0 Å². The van der Waals surface area contributed by atoms with Crippen molar-refractivity contribution in [1.29, 1.82) is 0 Å². The van der Waals surface area contributed by atoms with Gasteiger partial charge in [-0.2, -0.15) is 10.1 Å². The Bertz CT molecular complexity index is 996. The van der Waals surface area contributed by atoms with Crippen LogP contribution in [-0.4, -0.2) is 20.7 Å². The maximum absolute atomic E-state index is 14.5. The molecule has 3 aromatic rings. The molecule has 4 rings (SSSR count). The molecule has 0 radical (unpaired) electrons. The lowest BCUT2D eigenvalue weighted by Crippen LogP contribution is -2.32. The van der Waals surface area contributed by atoms with Gasteiger partial charge in [0, 0.05) is 16.9 Å². The van der Waals surface area contributed by atoms with E-state index in [0.29, 0.717) is 28.5 Å². The van der Waals surface area contributed by atoms with Gasteiger partial charge in [-0.3, -0.25) is 4.79 Å². The van der Waals surface area contributed by atoms with Crippen molar-refractivity contribution < 1.29 is 9.18 Å². The van der Waals surface area contributed by atoms with Crippen molar-refractivity contribution in [3.63, 3.8) is 0 Å². The molecule has 0 saturated carbocycles. The second-order valence-corrected chi connectivity index (χ2v) is 5.94. The first kappa shape index (κ1) is 16.0. The zero-order valence-electron chi connectivity index (χ0n) is 14.0. The Morgan fingerprint density at radius 1 is 1.15 bits per heavy atom. The van der Waals surface area contributed by atoms with Crippen molar-refractivity contribution >= 4 is 17.5 Å². The summed E-state index contributed by atoms with van der Waals surface area (Å²) in [5.74, 6) is -0.263. The minimum atomic E-state index is -0.710. The van der Waals surface area contributed by atoms with Gasteiger partial charge in [0.1, 0.15) is 18.2 Å². The number of allylic oxidation sites excluding steroid dienone is 1. The number of rotatable bonds is 3. The number of carbonyl (C=O) groups is 1. The highest BCUT2D eigenvalue weighted by atomic mass is 19.1. The van der Waals surface area contributed by atoms with Crippen molar-refractivity contribution in [1.82, 2.24) is 14.8 Å². The van der Waals surface area contributed by atoms with E-state index >= 15 is 0 Å². The lowest BCUT2D eigenvalue weighted by Gasteiger charge is -2.28. The molecule has 130 valence electrons. The van der Waals surface area contributed by atoms with Crippen molar-refractivity contribution in [2.24, 2.45) is 0 Å². The Balaban J connectivity index is 1.80. The zero-order valence-corrected chi connectivity index (χ0v) is 14.0. The van der Waals surface area contributed by atoms with E-state index in [2.05, 4.69) is 20.7 Å². The van der Waals surface area contributed by atoms with Crippen LogP contribution in [-0.2, 0) is 4.79 Å². The Hall–Kier alpha value is -3.48. The fourth-order valence-corrected chi connectivity index (χ4v) is 3.09. The molecule has 0 unspecified atom stereocenters. The highest BCUT2D eigenvalue weighted by Crippen LogP contribution is 2.36. The third-order valence-electron chi connectivity index (χ3n) is 4.27. The molecule has 2 heterocycles. The van der Waals surface area contributed by atoms with Gasteiger partial charge in [0.05, 0.1) is 5.57 Å². The Kier molecular flexibility index (Phi) is 3.96. The monoisotopic (exact) mass is 349 g/mol. The quantitative estimate of drug-likeness (QED) is 0.761. The highest BCUT2D eigenvalue weighted by Gasteiger charge is 2.34. The van der Waals surface area contributed by atoms with E-state index in [-0.39, 0.29) is 5.91 Å². The van der Waals surface area contributed by atoms with Crippen molar-refractivity contribution in [2.75, 3.05) is 10.6 Å². The van der Waals surface area contributed by atoms with Gasteiger partial charge in [0.15, 0.2) is 0 Å². The maximum Gasteiger partial charge on any atom is 0.255 e. The highest BCUT2D eigenvalue weighted by molar-refractivity contribution is 6.06. The summed E-state index contributed by atoms with van der Waals surface area (Å²) < 4.78 is 16.0. The summed E-state index contributed by atoms with van der Waals surface area (Å²) in [6, 6.07) is 14.8. The Morgan fingerprint density at radius 2 is 1.88 bits per heavy atom. The summed E-state index contributed by atoms with van der Waals surface area (Å²) in [5, 5.41) is 10.1. The summed E-state index contributed by atoms with van der Waals surface area (Å²) in [6.45, 7) is 1.77. The molecule has 1 amide bonds. The number of hydrogen-bond acceptors (Lipinski definition) is 4. The fraction of sp³-hybridized carbons (Fsp3) is 0.105. The smallest absolute Gasteiger partial charge is 0.255 e. The van der Waals surface area contributed by atoms with E-state index in [1.165, 1.54) is 17.1 Å². The van der Waals surface area contributed by atoms with E-state index in [0.717, 1.165) is 0 Å². The van der Waals surface area contributed by atoms with Crippen LogP contribution in [0.15, 0.2) is 72.2 Å². The van der Waals surface area contributed by atoms with Crippen LogP contribution in [0.1, 0.15) is 18.5 Å². The molecule has 1 aromatic heterocycles. The second kappa shape index (κ2) is 6.44. The van der Waals surface area contributed by atoms with Gasteiger partial charge in [0.25, 0.3) is 5.91 Å². The van der Waals surface area contributed by atoms with Gasteiger partial charge in [-0.05, 0) is 25.1 Å². The molecule has 1 atom stereocenters. The fourth-order valence-electron chi connectivity index (χ4n) is 3.09. The molecule has 6 nitrogen and oxygen atoms in total. The minimum absolute atomic E-state index is 0.324. The number of benzene rings is 2. The van der Waals surface area contributed by atoms with E-state index in [1.54, 1.807) is 37.3 Å². The van der Waals surface area contributed by atoms with Crippen LogP contribution in [0.3, 0.4) is 0 Å². The summed E-state index contributed by atoms with van der Waals surface area (Å²) in [6.07, 6.45) is 1.38. The standard InChI is InChI=1S/C19H16FN5O/c1-12-16(18(26)24-13-7-3-2-4-8-13)17(14-9-5-6-10-15(14)20)25-19(23-12)21-11-22-25/h2-11,17H,1H3,(H,24,26)(H,21,22,23)/t17-/m1/s1. The van der Waals surface area contributed by atoms with Crippen molar-refractivity contribution in [3.8, 4) is 0 Å². The van der Waals surface area contributed by atoms with E-state index in [1.807, 2.05) is 18.2 Å². The minimum Gasteiger partial charge on any atom is -0.328 e. The van der Waals surface area contributed by atoms with Crippen LogP contribution >= 0.6 is 0 Å². The normalized spacial score (nSPS) is 16.0. The number of para-hydroxylation sites is 1. The molecule has 26 heavy (non-hydrogen) atoms. The largest absolute Gasteiger partial charge is 0.328 e. The molecule has 0 spiro atoms. The summed E-state index contributed by atoms with van der Waals surface area (Å²) in [7, 11) is 0. The number of aromatic nitrogens is 3. The van der Waals surface area contributed by atoms with Crippen LogP contribution in [0.5, 0.6) is 0 Å². The number of fused-ring (bicyclic) bond motifs is 1. The number of nitrogens with zero attached hydrogens (tertiary/aromatic N) is 3. The molecular weight excluding hydrogens is 333 g/mol. The first-order valence-electron chi connectivity index (χ1n) is 8.13. The topological polar surface area (TPSA) is 71.8 Å². The Morgan fingerprint density at radius 3 is 2.65 bits per heavy atom. The molecule has 1 aliphatic rings. The SMILES string of the molecule is CC1=C(C(=O)Nc2ccccc2)[C@@H](c2ccccc2F)n2ncnc2N1. The molecule has 0 saturated heterocycles. The van der Waals surface area contributed by atoms with Gasteiger partial charge in [-0.15, -0.1) is 0 Å². The average Bonchev–Trinajstić information content (AvgIpc) is 3.10. The first-order chi connectivity index (χ1) is 12.6.